The van der Waals surface area contributed by atoms with Crippen molar-refractivity contribution < 1.29 is 33.4 Å². The number of hydrogen-bond donors (Lipinski definition) is 2. The Morgan fingerprint density at radius 3 is 2.41 bits per heavy atom. The first-order chi connectivity index (χ1) is 35.7. The van der Waals surface area contributed by atoms with Crippen molar-refractivity contribution in [2.75, 3.05) is 64.8 Å². The molecule has 0 radical (unpaired) electrons. The number of unbranched alkanes of at least 4 members (excludes halogenated alkanes) is 3. The third kappa shape index (κ3) is 11.1. The first kappa shape index (κ1) is 48.6. The SMILES string of the molecule is CNc1nc(-c2cnc3ccccc3c2)nc2c1CCN(C(=O)c1ccc(COc3ccc(C#CCN4CCN(CCCCCCOc5cccc6c5C(=O)N(C5CCC(=O)NC5=O)C6=O)CC4)cc3)cc1)C2. The van der Waals surface area contributed by atoms with Crippen LogP contribution in [0.1, 0.15) is 92.0 Å². The molecule has 5 amide bonds. The van der Waals surface area contributed by atoms with Gasteiger partial charge >= 0.3 is 0 Å². The van der Waals surface area contributed by atoms with E-state index in [1.165, 1.54) is 0 Å². The second-order valence-corrected chi connectivity index (χ2v) is 18.8. The number of piperidine rings is 1. The largest absolute Gasteiger partial charge is 0.493 e. The molecule has 4 aliphatic heterocycles. The minimum absolute atomic E-state index is 0.0413. The summed E-state index contributed by atoms with van der Waals surface area (Å²) in [7, 11) is 1.86. The molecule has 0 saturated carbocycles. The monoisotopic (exact) mass is 979 g/mol. The van der Waals surface area contributed by atoms with Gasteiger partial charge in [0.05, 0.1) is 42.0 Å². The van der Waals surface area contributed by atoms with Gasteiger partial charge in [0, 0.05) is 80.0 Å². The molecule has 2 N–H and O–H groups in total. The molecule has 6 aromatic rings. The molecule has 1 atom stereocenters. The fourth-order valence-electron chi connectivity index (χ4n) is 9.86. The lowest BCUT2D eigenvalue weighted by Crippen LogP contribution is -2.54. The number of rotatable bonds is 16. The number of carbonyl (C=O) groups excluding carboxylic acids is 5. The van der Waals surface area contributed by atoms with Gasteiger partial charge in [0.15, 0.2) is 5.82 Å². The molecule has 2 fully saturated rings. The van der Waals surface area contributed by atoms with Crippen LogP contribution in [-0.2, 0) is 29.2 Å². The van der Waals surface area contributed by atoms with E-state index in [0.717, 1.165) is 114 Å². The molecule has 16 heteroatoms. The van der Waals surface area contributed by atoms with E-state index in [1.807, 2.05) is 90.8 Å². The van der Waals surface area contributed by atoms with Crippen LogP contribution in [0.15, 0.2) is 103 Å². The van der Waals surface area contributed by atoms with Crippen molar-refractivity contribution in [2.24, 2.45) is 0 Å². The van der Waals surface area contributed by atoms with E-state index in [9.17, 15) is 24.0 Å². The van der Waals surface area contributed by atoms with Crippen LogP contribution in [0.3, 0.4) is 0 Å². The van der Waals surface area contributed by atoms with E-state index in [4.69, 9.17) is 19.4 Å². The van der Waals surface area contributed by atoms with Crippen molar-refractivity contribution >= 4 is 46.3 Å². The number of aromatic nitrogens is 3. The fraction of sp³-hybridized carbons (Fsp3) is 0.333. The van der Waals surface area contributed by atoms with Gasteiger partial charge in [-0.1, -0.05) is 61.1 Å². The molecule has 0 spiro atoms. The number of carbonyl (C=O) groups is 5. The Morgan fingerprint density at radius 1 is 0.808 bits per heavy atom. The van der Waals surface area contributed by atoms with Gasteiger partial charge in [-0.3, -0.25) is 44.1 Å². The topological polar surface area (TPSA) is 180 Å². The van der Waals surface area contributed by atoms with Gasteiger partial charge in [-0.05, 0) is 98.5 Å². The summed E-state index contributed by atoms with van der Waals surface area (Å²) in [4.78, 5) is 86.2. The number of benzene rings is 4. The number of amides is 5. The standard InChI is InChI=1S/C57H57N9O7/c1-58-53-44-25-28-65(36-47(44)60-52(62-53)42-34-41-11-4-5-13-46(41)59-35-42)55(69)40-19-15-39(16-20-40)37-73-43-21-17-38(18-22-43)10-9-27-64-31-29-63(30-32-64)26-6-2-3-7-33-72-49-14-8-12-45-51(49)57(71)66(56(45)70)48-23-24-50(67)61-54(48)68/h4-5,8,11-22,34-35,48H,2-3,6-7,23-33,36-37H2,1H3,(H,58,60,62)(H,61,67,68). The van der Waals surface area contributed by atoms with Gasteiger partial charge in [-0.15, -0.1) is 0 Å². The third-order valence-corrected chi connectivity index (χ3v) is 14.0. The van der Waals surface area contributed by atoms with Crippen molar-refractivity contribution in [2.45, 2.75) is 64.1 Å². The number of anilines is 1. The molecule has 2 saturated heterocycles. The van der Waals surface area contributed by atoms with Gasteiger partial charge in [-0.2, -0.15) is 0 Å². The van der Waals surface area contributed by atoms with Gasteiger partial charge in [0.25, 0.3) is 17.7 Å². The lowest BCUT2D eigenvalue weighted by atomic mass is 10.0. The lowest BCUT2D eigenvalue weighted by Gasteiger charge is -2.33. The van der Waals surface area contributed by atoms with E-state index in [2.05, 4.69) is 37.3 Å². The smallest absolute Gasteiger partial charge is 0.266 e. The summed E-state index contributed by atoms with van der Waals surface area (Å²) in [5.41, 5.74) is 6.52. The molecule has 372 valence electrons. The highest BCUT2D eigenvalue weighted by Crippen LogP contribution is 2.34. The Hall–Kier alpha value is -8.00. The number of ether oxygens (including phenoxy) is 2. The quantitative estimate of drug-likeness (QED) is 0.0609. The summed E-state index contributed by atoms with van der Waals surface area (Å²) < 4.78 is 12.1. The Balaban J connectivity index is 0.609. The number of fused-ring (bicyclic) bond motifs is 3. The van der Waals surface area contributed by atoms with Crippen LogP contribution >= 0.6 is 0 Å². The predicted octanol–water partition coefficient (Wildman–Crippen LogP) is 6.52. The maximum Gasteiger partial charge on any atom is 0.266 e. The van der Waals surface area contributed by atoms with Crippen molar-refractivity contribution in [3.05, 3.63) is 142 Å². The number of nitrogens with one attached hydrogen (secondary N) is 2. The molecule has 16 nitrogen and oxygen atoms in total. The summed E-state index contributed by atoms with van der Waals surface area (Å²) in [5, 5.41) is 6.48. The van der Waals surface area contributed by atoms with E-state index < -0.39 is 29.7 Å². The number of para-hydroxylation sites is 1. The first-order valence-electron chi connectivity index (χ1n) is 25.1. The van der Waals surface area contributed by atoms with E-state index in [-0.39, 0.29) is 29.9 Å². The van der Waals surface area contributed by atoms with Crippen LogP contribution < -0.4 is 20.1 Å². The Labute approximate surface area is 424 Å². The van der Waals surface area contributed by atoms with Crippen LogP contribution in [-0.4, -0.2) is 130 Å². The average molecular weight is 980 g/mol. The number of imide groups is 2. The van der Waals surface area contributed by atoms with Crippen molar-refractivity contribution in [1.82, 2.24) is 39.9 Å². The molecule has 2 aromatic heterocycles. The fourth-order valence-corrected chi connectivity index (χ4v) is 9.86. The summed E-state index contributed by atoms with van der Waals surface area (Å²) in [5.74, 6) is 6.92. The number of nitrogens with zero attached hydrogens (tertiary/aromatic N) is 7. The third-order valence-electron chi connectivity index (χ3n) is 14.0. The Bertz CT molecular complexity index is 3130. The number of piperazine rings is 1. The highest BCUT2D eigenvalue weighted by molar-refractivity contribution is 6.24. The summed E-state index contributed by atoms with van der Waals surface area (Å²) in [6, 6.07) is 29.4. The van der Waals surface area contributed by atoms with Gasteiger partial charge in [-0.25, -0.2) is 9.97 Å². The predicted molar refractivity (Wildman–Crippen MR) is 275 cm³/mol. The summed E-state index contributed by atoms with van der Waals surface area (Å²) in [6.45, 7) is 7.46. The molecule has 0 bridgehead atoms. The number of hydrogen-bond acceptors (Lipinski definition) is 13. The molecular weight excluding hydrogens is 923 g/mol. The van der Waals surface area contributed by atoms with Gasteiger partial charge in [0.2, 0.25) is 11.8 Å². The van der Waals surface area contributed by atoms with Gasteiger partial charge in [0.1, 0.15) is 30.0 Å². The van der Waals surface area contributed by atoms with Crippen molar-refractivity contribution in [1.29, 1.82) is 0 Å². The lowest BCUT2D eigenvalue weighted by molar-refractivity contribution is -0.136. The Kier molecular flexibility index (Phi) is 14.8. The van der Waals surface area contributed by atoms with Crippen LogP contribution in [0, 0.1) is 11.8 Å². The zero-order valence-electron chi connectivity index (χ0n) is 40.9. The van der Waals surface area contributed by atoms with Crippen LogP contribution in [0.2, 0.25) is 0 Å². The van der Waals surface area contributed by atoms with Crippen LogP contribution in [0.5, 0.6) is 11.5 Å². The molecular formula is C57H57N9O7. The zero-order chi connectivity index (χ0) is 50.3. The maximum atomic E-state index is 13.7. The molecule has 4 aliphatic rings. The minimum Gasteiger partial charge on any atom is -0.493 e. The summed E-state index contributed by atoms with van der Waals surface area (Å²) >= 11 is 0. The Morgan fingerprint density at radius 2 is 1.60 bits per heavy atom. The van der Waals surface area contributed by atoms with E-state index in [1.54, 1.807) is 24.4 Å². The van der Waals surface area contributed by atoms with Crippen LogP contribution in [0.25, 0.3) is 22.3 Å². The highest BCUT2D eigenvalue weighted by atomic mass is 16.5. The second kappa shape index (κ2) is 22.2. The van der Waals surface area contributed by atoms with Crippen molar-refractivity contribution in [3.8, 4) is 34.7 Å². The maximum absolute atomic E-state index is 13.7. The minimum atomic E-state index is -1.01. The van der Waals surface area contributed by atoms with E-state index in [0.29, 0.717) is 56.4 Å². The van der Waals surface area contributed by atoms with E-state index >= 15 is 0 Å². The average Bonchev–Trinajstić information content (AvgIpc) is 3.68. The van der Waals surface area contributed by atoms with Crippen molar-refractivity contribution in [3.63, 3.8) is 0 Å². The second-order valence-electron chi connectivity index (χ2n) is 18.8. The highest BCUT2D eigenvalue weighted by Gasteiger charge is 2.46. The molecule has 1 unspecified atom stereocenters. The normalized spacial score (nSPS) is 16.9. The van der Waals surface area contributed by atoms with Crippen LogP contribution in [0.4, 0.5) is 5.82 Å². The molecule has 73 heavy (non-hydrogen) atoms. The molecule has 0 aliphatic carbocycles. The zero-order valence-corrected chi connectivity index (χ0v) is 40.9. The number of pyridine rings is 1. The molecule has 6 heterocycles. The first-order valence-corrected chi connectivity index (χ1v) is 25.1. The summed E-state index contributed by atoms with van der Waals surface area (Å²) in [6.07, 6.45) is 6.57. The molecule has 10 rings (SSSR count). The van der Waals surface area contributed by atoms with Gasteiger partial charge < -0.3 is 24.6 Å². The molecule has 4 aromatic carbocycles.